The maximum Gasteiger partial charge on any atom is 0.227 e. The molecule has 106 valence electrons. The third-order valence-corrected chi connectivity index (χ3v) is 4.37. The monoisotopic (exact) mass is 311 g/mol. The molecule has 0 unspecified atom stereocenters. The molecule has 1 heterocycles. The number of rotatable bonds is 4. The molecule has 1 fully saturated rings. The van der Waals surface area contributed by atoms with E-state index in [9.17, 15) is 0 Å². The van der Waals surface area contributed by atoms with Crippen LogP contribution in [0, 0.1) is 0 Å². The highest BCUT2D eigenvalue weighted by atomic mass is 35.5. The van der Waals surface area contributed by atoms with Crippen molar-refractivity contribution in [2.75, 3.05) is 0 Å². The van der Waals surface area contributed by atoms with Gasteiger partial charge in [0.1, 0.15) is 0 Å². The Hall–Kier alpha value is -1.10. The van der Waals surface area contributed by atoms with Crippen LogP contribution < -0.4 is 5.73 Å². The lowest BCUT2D eigenvalue weighted by molar-refractivity contribution is 0.229. The van der Waals surface area contributed by atoms with Crippen LogP contribution in [0.4, 0.5) is 0 Å². The Labute approximate surface area is 127 Å². The summed E-state index contributed by atoms with van der Waals surface area (Å²) in [6.45, 7) is 0. The third kappa shape index (κ3) is 2.68. The molecule has 2 aromatic rings. The summed E-state index contributed by atoms with van der Waals surface area (Å²) >= 11 is 12.0. The zero-order valence-electron chi connectivity index (χ0n) is 10.9. The molecule has 0 aliphatic heterocycles. The number of aromatic nitrogens is 2. The van der Waals surface area contributed by atoms with Crippen molar-refractivity contribution in [3.63, 3.8) is 0 Å². The van der Waals surface area contributed by atoms with Crippen LogP contribution in [0.5, 0.6) is 0 Å². The van der Waals surface area contributed by atoms with Crippen LogP contribution in [0.1, 0.15) is 36.5 Å². The topological polar surface area (TPSA) is 64.9 Å². The molecule has 1 aliphatic rings. The van der Waals surface area contributed by atoms with Crippen LogP contribution in [0.2, 0.25) is 10.0 Å². The summed E-state index contributed by atoms with van der Waals surface area (Å²) in [5, 5.41) is 5.29. The smallest absolute Gasteiger partial charge is 0.227 e. The van der Waals surface area contributed by atoms with E-state index in [0.29, 0.717) is 28.2 Å². The lowest BCUT2D eigenvalue weighted by atomic mass is 9.77. The molecule has 0 spiro atoms. The zero-order chi connectivity index (χ0) is 14.2. The first-order chi connectivity index (χ1) is 9.57. The number of hydrogen-bond donors (Lipinski definition) is 1. The molecule has 0 radical (unpaired) electrons. The Bertz CT molecular complexity index is 623. The summed E-state index contributed by atoms with van der Waals surface area (Å²) in [7, 11) is 0. The summed E-state index contributed by atoms with van der Waals surface area (Å²) in [5.41, 5.74) is 6.81. The SMILES string of the molecule is NC1(c2noc(CCc3ccc(Cl)cc3Cl)n2)CCC1. The Kier molecular flexibility index (Phi) is 3.71. The fraction of sp³-hybridized carbons (Fsp3) is 0.429. The van der Waals surface area contributed by atoms with E-state index in [1.54, 1.807) is 6.07 Å². The van der Waals surface area contributed by atoms with Crippen molar-refractivity contribution >= 4 is 23.2 Å². The maximum absolute atomic E-state index is 6.16. The number of hydrogen-bond acceptors (Lipinski definition) is 4. The van der Waals surface area contributed by atoms with Crippen LogP contribution in [-0.2, 0) is 18.4 Å². The zero-order valence-corrected chi connectivity index (χ0v) is 12.4. The first-order valence-corrected chi connectivity index (χ1v) is 7.38. The molecule has 0 saturated heterocycles. The van der Waals surface area contributed by atoms with Crippen LogP contribution in [0.15, 0.2) is 22.7 Å². The summed E-state index contributed by atoms with van der Waals surface area (Å²) in [4.78, 5) is 4.39. The highest BCUT2D eigenvalue weighted by Crippen LogP contribution is 2.36. The molecule has 2 N–H and O–H groups in total. The lowest BCUT2D eigenvalue weighted by Gasteiger charge is -2.34. The number of benzene rings is 1. The molecule has 3 rings (SSSR count). The van der Waals surface area contributed by atoms with E-state index < -0.39 is 0 Å². The van der Waals surface area contributed by atoms with Crippen molar-refractivity contribution in [1.29, 1.82) is 0 Å². The Morgan fingerprint density at radius 3 is 2.70 bits per heavy atom. The molecular formula is C14H15Cl2N3O. The van der Waals surface area contributed by atoms with Crippen molar-refractivity contribution in [1.82, 2.24) is 10.1 Å². The predicted octanol–water partition coefficient (Wildman–Crippen LogP) is 3.50. The third-order valence-electron chi connectivity index (χ3n) is 3.78. The van der Waals surface area contributed by atoms with Gasteiger partial charge < -0.3 is 10.3 Å². The van der Waals surface area contributed by atoms with Crippen molar-refractivity contribution in [3.05, 3.63) is 45.5 Å². The van der Waals surface area contributed by atoms with E-state index in [1.165, 1.54) is 0 Å². The Morgan fingerprint density at radius 1 is 1.25 bits per heavy atom. The van der Waals surface area contributed by atoms with E-state index in [1.807, 2.05) is 12.1 Å². The number of aryl methyl sites for hydroxylation is 2. The number of halogens is 2. The fourth-order valence-electron chi connectivity index (χ4n) is 2.31. The van der Waals surface area contributed by atoms with Gasteiger partial charge in [0.25, 0.3) is 0 Å². The minimum Gasteiger partial charge on any atom is -0.339 e. The molecule has 1 aromatic carbocycles. The largest absolute Gasteiger partial charge is 0.339 e. The molecule has 6 heteroatoms. The molecular weight excluding hydrogens is 297 g/mol. The molecule has 1 aromatic heterocycles. The van der Waals surface area contributed by atoms with Crippen molar-refractivity contribution in [2.24, 2.45) is 5.73 Å². The second-order valence-electron chi connectivity index (χ2n) is 5.26. The van der Waals surface area contributed by atoms with Gasteiger partial charge in [-0.1, -0.05) is 34.4 Å². The van der Waals surface area contributed by atoms with E-state index in [4.69, 9.17) is 33.5 Å². The standard InChI is InChI=1S/C14H15Cl2N3O/c15-10-4-2-9(11(16)8-10)3-5-12-18-13(19-20-12)14(17)6-1-7-14/h2,4,8H,1,3,5-7,17H2. The van der Waals surface area contributed by atoms with Gasteiger partial charge in [-0.15, -0.1) is 0 Å². The predicted molar refractivity (Wildman–Crippen MR) is 77.9 cm³/mol. The quantitative estimate of drug-likeness (QED) is 0.938. The summed E-state index contributed by atoms with van der Waals surface area (Å²) in [5.74, 6) is 1.23. The summed E-state index contributed by atoms with van der Waals surface area (Å²) < 4.78 is 5.26. The van der Waals surface area contributed by atoms with Crippen molar-refractivity contribution < 1.29 is 4.52 Å². The highest BCUT2D eigenvalue weighted by Gasteiger charge is 2.38. The molecule has 20 heavy (non-hydrogen) atoms. The van der Waals surface area contributed by atoms with Crippen molar-refractivity contribution in [3.8, 4) is 0 Å². The molecule has 0 bridgehead atoms. The van der Waals surface area contributed by atoms with Crippen LogP contribution in [0.3, 0.4) is 0 Å². The van der Waals surface area contributed by atoms with Gasteiger partial charge in [0.05, 0.1) is 5.54 Å². The summed E-state index contributed by atoms with van der Waals surface area (Å²) in [6, 6.07) is 5.48. The van der Waals surface area contributed by atoms with Crippen LogP contribution >= 0.6 is 23.2 Å². The van der Waals surface area contributed by atoms with Gasteiger partial charge in [-0.05, 0) is 43.4 Å². The van der Waals surface area contributed by atoms with Gasteiger partial charge in [0.2, 0.25) is 5.89 Å². The number of nitrogens with zero attached hydrogens (tertiary/aromatic N) is 2. The van der Waals surface area contributed by atoms with Gasteiger partial charge in [0.15, 0.2) is 5.82 Å². The molecule has 0 amide bonds. The normalized spacial score (nSPS) is 16.9. The van der Waals surface area contributed by atoms with E-state index in [2.05, 4.69) is 10.1 Å². The molecule has 0 atom stereocenters. The van der Waals surface area contributed by atoms with Gasteiger partial charge >= 0.3 is 0 Å². The van der Waals surface area contributed by atoms with Gasteiger partial charge in [-0.3, -0.25) is 0 Å². The molecule has 1 saturated carbocycles. The second kappa shape index (κ2) is 5.35. The Balaban J connectivity index is 1.66. The first kappa shape index (κ1) is 13.9. The maximum atomic E-state index is 6.16. The number of nitrogens with two attached hydrogens (primary N) is 1. The molecule has 1 aliphatic carbocycles. The fourth-order valence-corrected chi connectivity index (χ4v) is 2.81. The minimum absolute atomic E-state index is 0.375. The summed E-state index contributed by atoms with van der Waals surface area (Å²) in [6.07, 6.45) is 4.35. The first-order valence-electron chi connectivity index (χ1n) is 6.63. The van der Waals surface area contributed by atoms with Crippen LogP contribution in [-0.4, -0.2) is 10.1 Å². The minimum atomic E-state index is -0.375. The molecule has 4 nitrogen and oxygen atoms in total. The average molecular weight is 312 g/mol. The van der Waals surface area contributed by atoms with Gasteiger partial charge in [0, 0.05) is 16.5 Å². The van der Waals surface area contributed by atoms with Crippen molar-refractivity contribution in [2.45, 2.75) is 37.6 Å². The van der Waals surface area contributed by atoms with E-state index in [-0.39, 0.29) is 5.54 Å². The second-order valence-corrected chi connectivity index (χ2v) is 6.10. The van der Waals surface area contributed by atoms with Gasteiger partial charge in [-0.2, -0.15) is 4.98 Å². The van der Waals surface area contributed by atoms with E-state index >= 15 is 0 Å². The average Bonchev–Trinajstić information content (AvgIpc) is 2.84. The highest BCUT2D eigenvalue weighted by molar-refractivity contribution is 6.35. The van der Waals surface area contributed by atoms with Crippen LogP contribution in [0.25, 0.3) is 0 Å². The Morgan fingerprint density at radius 2 is 2.05 bits per heavy atom. The van der Waals surface area contributed by atoms with E-state index in [0.717, 1.165) is 31.2 Å². The van der Waals surface area contributed by atoms with Gasteiger partial charge in [-0.25, -0.2) is 0 Å². The lowest BCUT2D eigenvalue weighted by Crippen LogP contribution is -2.44.